The number of likely N-dealkylation sites (tertiary alicyclic amines) is 1. The molecular weight excluding hydrogens is 335 g/mol. The normalized spacial score (nSPS) is 14.0. The molecule has 1 fully saturated rings. The molecule has 0 aliphatic carbocycles. The highest BCUT2D eigenvalue weighted by molar-refractivity contribution is 6.09. The number of aromatic nitrogens is 2. The third-order valence-electron chi connectivity index (χ3n) is 4.47. The lowest BCUT2D eigenvalue weighted by atomic mass is 10.2. The molecule has 7 heteroatoms. The number of hydrogen-bond donors (Lipinski definition) is 1. The van der Waals surface area contributed by atoms with Gasteiger partial charge in [-0.3, -0.25) is 14.0 Å². The molecule has 1 aromatic carbocycles. The maximum Gasteiger partial charge on any atom is 0.290 e. The fourth-order valence-corrected chi connectivity index (χ4v) is 3.16. The first kappa shape index (κ1) is 16.3. The zero-order valence-corrected chi connectivity index (χ0v) is 14.0. The van der Waals surface area contributed by atoms with Crippen LogP contribution in [0.5, 0.6) is 0 Å². The Morgan fingerprint density at radius 1 is 1.04 bits per heavy atom. The number of benzene rings is 1. The predicted octanol–water partition coefficient (Wildman–Crippen LogP) is 2.96. The quantitative estimate of drug-likeness (QED) is 0.788. The highest BCUT2D eigenvalue weighted by Crippen LogP contribution is 2.19. The van der Waals surface area contributed by atoms with Gasteiger partial charge in [-0.1, -0.05) is 18.2 Å². The van der Waals surface area contributed by atoms with Crippen molar-refractivity contribution in [3.05, 3.63) is 66.0 Å². The topological polar surface area (TPSA) is 66.7 Å². The molecule has 3 aromatic rings. The monoisotopic (exact) mass is 352 g/mol. The average Bonchev–Trinajstić information content (AvgIpc) is 3.31. The van der Waals surface area contributed by atoms with Crippen LogP contribution in [-0.4, -0.2) is 39.2 Å². The number of carbonyl (C=O) groups excluding carboxylic acids is 2. The molecule has 0 saturated carbocycles. The van der Waals surface area contributed by atoms with Crippen molar-refractivity contribution >= 4 is 23.0 Å². The SMILES string of the molecule is O=C(Nc1ccccc1F)c1nc(C(=O)N2CCCC2)n2ccccc12. The lowest BCUT2D eigenvalue weighted by Crippen LogP contribution is -2.29. The van der Waals surface area contributed by atoms with Crippen molar-refractivity contribution in [2.24, 2.45) is 0 Å². The molecule has 0 unspecified atom stereocenters. The number of para-hydroxylation sites is 1. The number of pyridine rings is 1. The van der Waals surface area contributed by atoms with E-state index in [1.54, 1.807) is 45.8 Å². The fourth-order valence-electron chi connectivity index (χ4n) is 3.16. The van der Waals surface area contributed by atoms with Crippen LogP contribution >= 0.6 is 0 Å². The number of halogens is 1. The second-order valence-electron chi connectivity index (χ2n) is 6.17. The van der Waals surface area contributed by atoms with E-state index in [1.165, 1.54) is 12.1 Å². The summed E-state index contributed by atoms with van der Waals surface area (Å²) in [5, 5.41) is 2.53. The summed E-state index contributed by atoms with van der Waals surface area (Å²) in [5.74, 6) is -1.09. The van der Waals surface area contributed by atoms with Crippen LogP contribution in [0.25, 0.3) is 5.52 Å². The molecule has 1 saturated heterocycles. The maximum absolute atomic E-state index is 13.8. The number of rotatable bonds is 3. The van der Waals surface area contributed by atoms with E-state index < -0.39 is 11.7 Å². The minimum Gasteiger partial charge on any atom is -0.336 e. The number of hydrogen-bond acceptors (Lipinski definition) is 3. The molecule has 2 aromatic heterocycles. The largest absolute Gasteiger partial charge is 0.336 e. The Bertz CT molecular complexity index is 992. The van der Waals surface area contributed by atoms with Crippen molar-refractivity contribution in [3.63, 3.8) is 0 Å². The molecule has 26 heavy (non-hydrogen) atoms. The minimum absolute atomic E-state index is 0.0713. The molecule has 132 valence electrons. The fraction of sp³-hybridized carbons (Fsp3) is 0.211. The first-order chi connectivity index (χ1) is 12.6. The third kappa shape index (κ3) is 2.81. The van der Waals surface area contributed by atoms with Crippen LogP contribution in [-0.2, 0) is 0 Å². The zero-order chi connectivity index (χ0) is 18.1. The van der Waals surface area contributed by atoms with Gasteiger partial charge in [0.2, 0.25) is 5.82 Å². The summed E-state index contributed by atoms with van der Waals surface area (Å²) in [5.41, 5.74) is 0.669. The van der Waals surface area contributed by atoms with Gasteiger partial charge in [-0.15, -0.1) is 0 Å². The molecular formula is C19H17FN4O2. The third-order valence-corrected chi connectivity index (χ3v) is 4.47. The number of imidazole rings is 1. The molecule has 0 bridgehead atoms. The first-order valence-electron chi connectivity index (χ1n) is 8.47. The zero-order valence-electron chi connectivity index (χ0n) is 14.0. The molecule has 2 amide bonds. The number of anilines is 1. The lowest BCUT2D eigenvalue weighted by Gasteiger charge is -2.13. The number of fused-ring (bicyclic) bond motifs is 1. The van der Waals surface area contributed by atoms with E-state index in [0.29, 0.717) is 18.6 Å². The number of nitrogens with one attached hydrogen (secondary N) is 1. The van der Waals surface area contributed by atoms with Crippen molar-refractivity contribution < 1.29 is 14.0 Å². The molecule has 3 heterocycles. The molecule has 1 aliphatic heterocycles. The molecule has 0 spiro atoms. The van der Waals surface area contributed by atoms with Gasteiger partial charge in [0.15, 0.2) is 5.69 Å². The summed E-state index contributed by atoms with van der Waals surface area (Å²) < 4.78 is 15.4. The lowest BCUT2D eigenvalue weighted by molar-refractivity contribution is 0.0780. The van der Waals surface area contributed by atoms with E-state index in [1.807, 2.05) is 0 Å². The van der Waals surface area contributed by atoms with Crippen LogP contribution in [0, 0.1) is 5.82 Å². The van der Waals surface area contributed by atoms with Crippen molar-refractivity contribution in [3.8, 4) is 0 Å². The van der Waals surface area contributed by atoms with Gasteiger partial charge < -0.3 is 10.2 Å². The Balaban J connectivity index is 1.72. The molecule has 1 N–H and O–H groups in total. The van der Waals surface area contributed by atoms with Gasteiger partial charge >= 0.3 is 0 Å². The van der Waals surface area contributed by atoms with Crippen LogP contribution < -0.4 is 5.32 Å². The van der Waals surface area contributed by atoms with Gasteiger partial charge in [-0.25, -0.2) is 9.37 Å². The summed E-state index contributed by atoms with van der Waals surface area (Å²) in [6, 6.07) is 11.2. The molecule has 6 nitrogen and oxygen atoms in total. The average molecular weight is 352 g/mol. The second-order valence-corrected chi connectivity index (χ2v) is 6.17. The summed E-state index contributed by atoms with van der Waals surface area (Å²) in [6.07, 6.45) is 3.64. The summed E-state index contributed by atoms with van der Waals surface area (Å²) >= 11 is 0. The smallest absolute Gasteiger partial charge is 0.290 e. The van der Waals surface area contributed by atoms with Gasteiger partial charge in [0, 0.05) is 19.3 Å². The highest BCUT2D eigenvalue weighted by atomic mass is 19.1. The Hall–Kier alpha value is -3.22. The standard InChI is InChI=1S/C19H17FN4O2/c20-13-7-1-2-8-14(13)21-18(25)16-15-9-3-4-12-24(15)17(22-16)19(26)23-10-5-6-11-23/h1-4,7-9,12H,5-6,10-11H2,(H,21,25). The molecule has 0 radical (unpaired) electrons. The van der Waals surface area contributed by atoms with Gasteiger partial charge in [0.05, 0.1) is 11.2 Å². The maximum atomic E-state index is 13.8. The van der Waals surface area contributed by atoms with E-state index in [2.05, 4.69) is 10.3 Å². The Kier molecular flexibility index (Phi) is 4.12. The Morgan fingerprint density at radius 3 is 2.54 bits per heavy atom. The molecule has 4 rings (SSSR count). The molecule has 0 atom stereocenters. The second kappa shape index (κ2) is 6.59. The Labute approximate surface area is 149 Å². The van der Waals surface area contributed by atoms with Gasteiger partial charge in [-0.05, 0) is 37.1 Å². The van der Waals surface area contributed by atoms with E-state index in [0.717, 1.165) is 12.8 Å². The van der Waals surface area contributed by atoms with Gasteiger partial charge in [0.25, 0.3) is 11.8 Å². The summed E-state index contributed by atoms with van der Waals surface area (Å²) in [4.78, 5) is 31.5. The van der Waals surface area contributed by atoms with Crippen LogP contribution in [0.1, 0.15) is 33.9 Å². The van der Waals surface area contributed by atoms with Crippen molar-refractivity contribution in [1.82, 2.24) is 14.3 Å². The summed E-state index contributed by atoms with van der Waals surface area (Å²) in [6.45, 7) is 1.38. The van der Waals surface area contributed by atoms with Crippen LogP contribution in [0.3, 0.4) is 0 Å². The first-order valence-corrected chi connectivity index (χ1v) is 8.47. The number of nitrogens with zero attached hydrogens (tertiary/aromatic N) is 3. The van der Waals surface area contributed by atoms with E-state index in [-0.39, 0.29) is 23.1 Å². The van der Waals surface area contributed by atoms with Crippen molar-refractivity contribution in [2.45, 2.75) is 12.8 Å². The summed E-state index contributed by atoms with van der Waals surface area (Å²) in [7, 11) is 0. The van der Waals surface area contributed by atoms with Crippen LogP contribution in [0.2, 0.25) is 0 Å². The van der Waals surface area contributed by atoms with E-state index in [4.69, 9.17) is 0 Å². The minimum atomic E-state index is -0.556. The molecule has 1 aliphatic rings. The van der Waals surface area contributed by atoms with Crippen molar-refractivity contribution in [2.75, 3.05) is 18.4 Å². The van der Waals surface area contributed by atoms with Crippen molar-refractivity contribution in [1.29, 1.82) is 0 Å². The van der Waals surface area contributed by atoms with Crippen LogP contribution in [0.4, 0.5) is 10.1 Å². The predicted molar refractivity (Wildman–Crippen MR) is 94.7 cm³/mol. The van der Waals surface area contributed by atoms with Gasteiger partial charge in [-0.2, -0.15) is 0 Å². The number of carbonyl (C=O) groups is 2. The van der Waals surface area contributed by atoms with Crippen LogP contribution in [0.15, 0.2) is 48.7 Å². The van der Waals surface area contributed by atoms with E-state index in [9.17, 15) is 14.0 Å². The Morgan fingerprint density at radius 2 is 1.77 bits per heavy atom. The number of amides is 2. The van der Waals surface area contributed by atoms with Gasteiger partial charge in [0.1, 0.15) is 5.82 Å². The van der Waals surface area contributed by atoms with E-state index >= 15 is 0 Å². The highest BCUT2D eigenvalue weighted by Gasteiger charge is 2.26.